The summed E-state index contributed by atoms with van der Waals surface area (Å²) >= 11 is 0. The average molecular weight is 337 g/mol. The molecule has 6 heteroatoms. The van der Waals surface area contributed by atoms with Crippen molar-refractivity contribution in [2.75, 3.05) is 6.79 Å². The van der Waals surface area contributed by atoms with E-state index in [4.69, 9.17) is 9.47 Å². The average Bonchev–Trinajstić information content (AvgIpc) is 3.15. The molecule has 0 saturated carbocycles. The molecule has 0 radical (unpaired) electrons. The third-order valence-corrected chi connectivity index (χ3v) is 4.15. The van der Waals surface area contributed by atoms with Gasteiger partial charge in [0.05, 0.1) is 13.0 Å². The van der Waals surface area contributed by atoms with E-state index < -0.39 is 0 Å². The number of phenolic OH excluding ortho intramolecular Hbond substituents is 1. The lowest BCUT2D eigenvalue weighted by molar-refractivity contribution is -0.138. The lowest BCUT2D eigenvalue weighted by atomic mass is 10.1. The molecule has 126 valence electrons. The van der Waals surface area contributed by atoms with Gasteiger partial charge in [-0.1, -0.05) is 18.2 Å². The highest BCUT2D eigenvalue weighted by Crippen LogP contribution is 2.33. The van der Waals surface area contributed by atoms with Crippen molar-refractivity contribution in [3.63, 3.8) is 0 Å². The molecule has 2 aliphatic heterocycles. The maximum Gasteiger partial charge on any atom is 0.257 e. The maximum absolute atomic E-state index is 12.6. The number of phenols is 1. The van der Waals surface area contributed by atoms with Crippen LogP contribution in [0.15, 0.2) is 48.0 Å². The van der Waals surface area contributed by atoms with Gasteiger partial charge < -0.3 is 14.6 Å². The second-order valence-corrected chi connectivity index (χ2v) is 5.91. The number of amides is 2. The molecule has 2 amide bonds. The van der Waals surface area contributed by atoms with Gasteiger partial charge in [0, 0.05) is 5.57 Å². The molecule has 1 N–H and O–H groups in total. The Labute approximate surface area is 143 Å². The highest BCUT2D eigenvalue weighted by Gasteiger charge is 2.33. The number of aromatic hydroxyl groups is 1. The highest BCUT2D eigenvalue weighted by molar-refractivity contribution is 6.15. The van der Waals surface area contributed by atoms with Crippen LogP contribution in [0.4, 0.5) is 0 Å². The maximum atomic E-state index is 12.6. The molecule has 2 aromatic carbocycles. The van der Waals surface area contributed by atoms with Crippen LogP contribution in [0.5, 0.6) is 17.2 Å². The Morgan fingerprint density at radius 1 is 1.08 bits per heavy atom. The van der Waals surface area contributed by atoms with Gasteiger partial charge in [-0.3, -0.25) is 14.5 Å². The number of fused-ring (bicyclic) bond motifs is 1. The minimum atomic E-state index is -0.314. The molecule has 25 heavy (non-hydrogen) atoms. The minimum absolute atomic E-state index is 0.0546. The topological polar surface area (TPSA) is 76.1 Å². The van der Waals surface area contributed by atoms with E-state index in [-0.39, 0.29) is 37.3 Å². The number of benzene rings is 2. The van der Waals surface area contributed by atoms with Crippen LogP contribution in [0.3, 0.4) is 0 Å². The molecule has 0 unspecified atom stereocenters. The number of ether oxygens (including phenoxy) is 2. The number of hydrogen-bond acceptors (Lipinski definition) is 5. The number of hydrogen-bond donors (Lipinski definition) is 1. The molecule has 4 rings (SSSR count). The molecule has 1 saturated heterocycles. The lowest BCUT2D eigenvalue weighted by Gasteiger charge is -2.13. The summed E-state index contributed by atoms with van der Waals surface area (Å²) in [6.07, 6.45) is 1.69. The Balaban J connectivity index is 1.55. The fourth-order valence-corrected chi connectivity index (χ4v) is 2.93. The second kappa shape index (κ2) is 5.98. The molecule has 2 heterocycles. The Kier molecular flexibility index (Phi) is 3.65. The summed E-state index contributed by atoms with van der Waals surface area (Å²) < 4.78 is 10.6. The van der Waals surface area contributed by atoms with Gasteiger partial charge in [0.25, 0.3) is 5.91 Å². The number of nitrogens with zero attached hydrogens (tertiary/aromatic N) is 1. The van der Waals surface area contributed by atoms with E-state index in [2.05, 4.69) is 0 Å². The number of imide groups is 1. The van der Waals surface area contributed by atoms with Crippen molar-refractivity contribution in [2.24, 2.45) is 0 Å². The monoisotopic (exact) mass is 337 g/mol. The van der Waals surface area contributed by atoms with E-state index in [1.807, 2.05) is 6.07 Å². The molecule has 1 fully saturated rings. The van der Waals surface area contributed by atoms with Crippen molar-refractivity contribution < 1.29 is 24.2 Å². The van der Waals surface area contributed by atoms with E-state index in [1.54, 1.807) is 42.5 Å². The van der Waals surface area contributed by atoms with Crippen molar-refractivity contribution in [1.29, 1.82) is 0 Å². The van der Waals surface area contributed by atoms with Crippen LogP contribution in [-0.2, 0) is 16.1 Å². The fourth-order valence-electron chi connectivity index (χ4n) is 2.93. The minimum Gasteiger partial charge on any atom is -0.508 e. The summed E-state index contributed by atoms with van der Waals surface area (Å²) in [6.45, 7) is 0.364. The summed E-state index contributed by atoms with van der Waals surface area (Å²) in [5.41, 5.74) is 1.89. The third kappa shape index (κ3) is 2.94. The van der Waals surface area contributed by atoms with Crippen LogP contribution in [0.25, 0.3) is 6.08 Å². The standard InChI is InChI=1S/C19H15NO5/c21-15-3-1-2-12(7-15)6-14-9-18(22)20(19(14)23)10-13-4-5-16-17(8-13)25-11-24-16/h1-8,21H,9-11H2. The molecule has 6 nitrogen and oxygen atoms in total. The summed E-state index contributed by atoms with van der Waals surface area (Å²) in [4.78, 5) is 26.0. The van der Waals surface area contributed by atoms with Gasteiger partial charge in [-0.05, 0) is 41.5 Å². The predicted molar refractivity (Wildman–Crippen MR) is 88.8 cm³/mol. The first-order valence-corrected chi connectivity index (χ1v) is 7.83. The summed E-state index contributed by atoms with van der Waals surface area (Å²) in [5.74, 6) is 0.836. The quantitative estimate of drug-likeness (QED) is 0.688. The predicted octanol–water partition coefficient (Wildman–Crippen LogP) is 2.46. The van der Waals surface area contributed by atoms with E-state index in [0.29, 0.717) is 22.6 Å². The van der Waals surface area contributed by atoms with Crippen molar-refractivity contribution in [2.45, 2.75) is 13.0 Å². The Bertz CT molecular complexity index is 902. The van der Waals surface area contributed by atoms with Gasteiger partial charge >= 0.3 is 0 Å². The number of carbonyl (C=O) groups is 2. The lowest BCUT2D eigenvalue weighted by Crippen LogP contribution is -2.28. The van der Waals surface area contributed by atoms with Crippen molar-refractivity contribution in [1.82, 2.24) is 4.90 Å². The number of carbonyl (C=O) groups excluding carboxylic acids is 2. The largest absolute Gasteiger partial charge is 0.508 e. The Morgan fingerprint density at radius 3 is 2.76 bits per heavy atom. The molecule has 0 spiro atoms. The van der Waals surface area contributed by atoms with E-state index >= 15 is 0 Å². The van der Waals surface area contributed by atoms with Crippen LogP contribution in [0, 0.1) is 0 Å². The van der Waals surface area contributed by atoms with Crippen molar-refractivity contribution >= 4 is 17.9 Å². The van der Waals surface area contributed by atoms with Gasteiger partial charge in [0.15, 0.2) is 11.5 Å². The van der Waals surface area contributed by atoms with E-state index in [1.165, 1.54) is 4.90 Å². The zero-order valence-corrected chi connectivity index (χ0v) is 13.3. The number of likely N-dealkylation sites (tertiary alicyclic amines) is 1. The highest BCUT2D eigenvalue weighted by atomic mass is 16.7. The molecule has 0 aromatic heterocycles. The molecule has 2 aromatic rings. The smallest absolute Gasteiger partial charge is 0.257 e. The zero-order valence-electron chi connectivity index (χ0n) is 13.3. The molecule has 0 aliphatic carbocycles. The van der Waals surface area contributed by atoms with Crippen molar-refractivity contribution in [3.05, 3.63) is 59.2 Å². The van der Waals surface area contributed by atoms with Crippen LogP contribution < -0.4 is 9.47 Å². The van der Waals surface area contributed by atoms with Gasteiger partial charge in [0.1, 0.15) is 5.75 Å². The third-order valence-electron chi connectivity index (χ3n) is 4.15. The summed E-state index contributed by atoms with van der Waals surface area (Å²) in [7, 11) is 0. The summed E-state index contributed by atoms with van der Waals surface area (Å²) in [6, 6.07) is 11.9. The van der Waals surface area contributed by atoms with Gasteiger partial charge in [-0.25, -0.2) is 0 Å². The molecule has 2 aliphatic rings. The van der Waals surface area contributed by atoms with Gasteiger partial charge in [-0.2, -0.15) is 0 Å². The molecule has 0 atom stereocenters. The normalized spacial score (nSPS) is 17.6. The van der Waals surface area contributed by atoms with Gasteiger partial charge in [0.2, 0.25) is 12.7 Å². The van der Waals surface area contributed by atoms with E-state index in [9.17, 15) is 14.7 Å². The van der Waals surface area contributed by atoms with Crippen LogP contribution in [0.2, 0.25) is 0 Å². The summed E-state index contributed by atoms with van der Waals surface area (Å²) in [5, 5.41) is 9.51. The second-order valence-electron chi connectivity index (χ2n) is 5.91. The number of rotatable bonds is 3. The fraction of sp³-hybridized carbons (Fsp3) is 0.158. The first-order valence-electron chi connectivity index (χ1n) is 7.83. The molecular formula is C19H15NO5. The van der Waals surface area contributed by atoms with Crippen LogP contribution >= 0.6 is 0 Å². The Morgan fingerprint density at radius 2 is 1.92 bits per heavy atom. The van der Waals surface area contributed by atoms with Crippen LogP contribution in [-0.4, -0.2) is 28.6 Å². The zero-order chi connectivity index (χ0) is 17.4. The first kappa shape index (κ1) is 15.3. The van der Waals surface area contributed by atoms with Crippen molar-refractivity contribution in [3.8, 4) is 17.2 Å². The Hall–Kier alpha value is -3.28. The SMILES string of the molecule is O=C1CC(=Cc2cccc(O)c2)C(=O)N1Cc1ccc2c(c1)OCO2. The van der Waals surface area contributed by atoms with Gasteiger partial charge in [-0.15, -0.1) is 0 Å². The van der Waals surface area contributed by atoms with Crippen LogP contribution in [0.1, 0.15) is 17.5 Å². The molecular weight excluding hydrogens is 322 g/mol. The first-order chi connectivity index (χ1) is 12.1. The van der Waals surface area contributed by atoms with E-state index in [0.717, 1.165) is 5.56 Å². The molecule has 0 bridgehead atoms.